The molecule has 3 aromatic carbocycles. The van der Waals surface area contributed by atoms with Crippen LogP contribution in [0.5, 0.6) is 11.5 Å². The zero-order valence-corrected chi connectivity index (χ0v) is 19.5. The summed E-state index contributed by atoms with van der Waals surface area (Å²) in [5.74, 6) is -0.0658. The molecule has 0 atom stereocenters. The van der Waals surface area contributed by atoms with Gasteiger partial charge >= 0.3 is 0 Å². The Bertz CT molecular complexity index is 1280. The van der Waals surface area contributed by atoms with E-state index in [9.17, 15) is 9.59 Å². The van der Waals surface area contributed by atoms with Crippen LogP contribution in [-0.4, -0.2) is 26.0 Å². The number of hydrogen-bond donors (Lipinski definition) is 1. The molecule has 1 aliphatic heterocycles. The minimum atomic E-state index is -0.489. The largest absolute Gasteiger partial charge is 0.497 e. The first-order chi connectivity index (χ1) is 15.8. The summed E-state index contributed by atoms with van der Waals surface area (Å²) >= 11 is 6.10. The van der Waals surface area contributed by atoms with Crippen molar-refractivity contribution in [3.05, 3.63) is 88.1 Å². The van der Waals surface area contributed by atoms with Gasteiger partial charge in [0, 0.05) is 16.8 Å². The quantitative estimate of drug-likeness (QED) is 0.499. The van der Waals surface area contributed by atoms with Gasteiger partial charge in [-0.25, -0.2) is 4.90 Å². The van der Waals surface area contributed by atoms with Crippen molar-refractivity contribution in [1.82, 2.24) is 0 Å². The third-order valence-electron chi connectivity index (χ3n) is 5.50. The second-order valence-electron chi connectivity index (χ2n) is 7.68. The van der Waals surface area contributed by atoms with E-state index in [1.807, 2.05) is 38.1 Å². The molecule has 168 valence electrons. The second kappa shape index (κ2) is 9.00. The number of carbonyl (C=O) groups excluding carboxylic acids is 2. The first kappa shape index (κ1) is 22.4. The topological polar surface area (TPSA) is 67.9 Å². The zero-order chi connectivity index (χ0) is 23.7. The van der Waals surface area contributed by atoms with E-state index in [0.29, 0.717) is 33.5 Å². The molecule has 0 aromatic heterocycles. The van der Waals surface area contributed by atoms with E-state index in [-0.39, 0.29) is 11.3 Å². The van der Waals surface area contributed by atoms with Gasteiger partial charge in [-0.3, -0.25) is 9.59 Å². The average Bonchev–Trinajstić information content (AvgIpc) is 3.05. The fourth-order valence-electron chi connectivity index (χ4n) is 3.73. The number of ether oxygens (including phenoxy) is 2. The van der Waals surface area contributed by atoms with Gasteiger partial charge in [-0.05, 0) is 55.3 Å². The SMILES string of the molecule is COc1ccc(OC)c(N2C(=O)C(Nc3ccc(Cl)cc3C)=C(c3ccc(C)cc3)C2=O)c1. The summed E-state index contributed by atoms with van der Waals surface area (Å²) in [6, 6.07) is 17.7. The lowest BCUT2D eigenvalue weighted by atomic mass is 10.0. The van der Waals surface area contributed by atoms with Crippen molar-refractivity contribution in [1.29, 1.82) is 0 Å². The van der Waals surface area contributed by atoms with Crippen LogP contribution >= 0.6 is 11.6 Å². The van der Waals surface area contributed by atoms with E-state index in [1.54, 1.807) is 36.4 Å². The number of aryl methyl sites for hydroxylation is 2. The molecule has 0 spiro atoms. The third-order valence-corrected chi connectivity index (χ3v) is 5.73. The lowest BCUT2D eigenvalue weighted by Gasteiger charge is -2.19. The summed E-state index contributed by atoms with van der Waals surface area (Å²) < 4.78 is 10.8. The molecule has 0 aliphatic carbocycles. The van der Waals surface area contributed by atoms with E-state index in [2.05, 4.69) is 5.32 Å². The molecule has 0 fully saturated rings. The average molecular weight is 463 g/mol. The van der Waals surface area contributed by atoms with Crippen molar-refractivity contribution in [3.8, 4) is 11.5 Å². The van der Waals surface area contributed by atoms with Crippen LogP contribution in [-0.2, 0) is 9.59 Å². The van der Waals surface area contributed by atoms with E-state index in [4.69, 9.17) is 21.1 Å². The number of hydrogen-bond acceptors (Lipinski definition) is 5. The van der Waals surface area contributed by atoms with Crippen molar-refractivity contribution in [2.75, 3.05) is 24.4 Å². The maximum atomic E-state index is 13.7. The fourth-order valence-corrected chi connectivity index (χ4v) is 3.95. The molecule has 0 bridgehead atoms. The number of nitrogens with zero attached hydrogens (tertiary/aromatic N) is 1. The Morgan fingerprint density at radius 2 is 1.58 bits per heavy atom. The Morgan fingerprint density at radius 1 is 0.848 bits per heavy atom. The van der Waals surface area contributed by atoms with Crippen molar-refractivity contribution < 1.29 is 19.1 Å². The van der Waals surface area contributed by atoms with Crippen molar-refractivity contribution in [2.24, 2.45) is 0 Å². The Morgan fingerprint density at radius 3 is 2.21 bits per heavy atom. The van der Waals surface area contributed by atoms with Gasteiger partial charge in [0.2, 0.25) is 0 Å². The molecule has 1 aliphatic rings. The number of carbonyl (C=O) groups is 2. The Labute approximate surface area is 197 Å². The molecule has 6 nitrogen and oxygen atoms in total. The summed E-state index contributed by atoms with van der Waals surface area (Å²) in [5, 5.41) is 3.77. The van der Waals surface area contributed by atoms with Gasteiger partial charge in [-0.1, -0.05) is 41.4 Å². The standard InChI is InChI=1S/C26H23ClN2O4/c1-15-5-7-17(8-6-15)23-24(28-20-11-9-18(27)13-16(20)2)26(31)29(25(23)30)21-14-19(32-3)10-12-22(21)33-4/h5-14,28H,1-4H3. The number of nitrogens with one attached hydrogen (secondary N) is 1. The highest BCUT2D eigenvalue weighted by atomic mass is 35.5. The molecule has 3 aromatic rings. The van der Waals surface area contributed by atoms with Crippen molar-refractivity contribution >= 4 is 40.4 Å². The highest BCUT2D eigenvalue weighted by Gasteiger charge is 2.41. The van der Waals surface area contributed by atoms with Crippen LogP contribution in [0.15, 0.2) is 66.4 Å². The van der Waals surface area contributed by atoms with Gasteiger partial charge in [0.1, 0.15) is 17.2 Å². The van der Waals surface area contributed by atoms with Gasteiger partial charge in [0.05, 0.1) is 25.5 Å². The lowest BCUT2D eigenvalue weighted by molar-refractivity contribution is -0.120. The number of methoxy groups -OCH3 is 2. The minimum Gasteiger partial charge on any atom is -0.497 e. The Balaban J connectivity index is 1.87. The van der Waals surface area contributed by atoms with E-state index in [0.717, 1.165) is 16.0 Å². The number of rotatable bonds is 6. The molecule has 4 rings (SSSR count). The van der Waals surface area contributed by atoms with Crippen molar-refractivity contribution in [3.63, 3.8) is 0 Å². The molecule has 33 heavy (non-hydrogen) atoms. The van der Waals surface area contributed by atoms with Gasteiger partial charge in [0.15, 0.2) is 0 Å². The number of imide groups is 1. The molecule has 7 heteroatoms. The zero-order valence-electron chi connectivity index (χ0n) is 18.7. The smallest absolute Gasteiger partial charge is 0.282 e. The minimum absolute atomic E-state index is 0.180. The predicted molar refractivity (Wildman–Crippen MR) is 130 cm³/mol. The highest BCUT2D eigenvalue weighted by Crippen LogP contribution is 2.40. The second-order valence-corrected chi connectivity index (χ2v) is 8.12. The van der Waals surface area contributed by atoms with Crippen LogP contribution in [0.25, 0.3) is 5.57 Å². The lowest BCUT2D eigenvalue weighted by Crippen LogP contribution is -2.32. The summed E-state index contributed by atoms with van der Waals surface area (Å²) in [5.41, 5.74) is 3.97. The third kappa shape index (κ3) is 4.17. The van der Waals surface area contributed by atoms with Gasteiger partial charge in [-0.2, -0.15) is 0 Å². The number of halogens is 1. The fraction of sp³-hybridized carbons (Fsp3) is 0.154. The molecule has 0 unspecified atom stereocenters. The maximum Gasteiger partial charge on any atom is 0.282 e. The van der Waals surface area contributed by atoms with Crippen LogP contribution in [0.2, 0.25) is 5.02 Å². The molecule has 1 heterocycles. The number of amides is 2. The summed E-state index contributed by atoms with van der Waals surface area (Å²) in [6.07, 6.45) is 0. The monoisotopic (exact) mass is 462 g/mol. The number of benzene rings is 3. The molecular weight excluding hydrogens is 440 g/mol. The Hall–Kier alpha value is -3.77. The molecule has 0 saturated heterocycles. The van der Waals surface area contributed by atoms with Crippen molar-refractivity contribution in [2.45, 2.75) is 13.8 Å². The van der Waals surface area contributed by atoms with Crippen LogP contribution in [0.4, 0.5) is 11.4 Å². The predicted octanol–water partition coefficient (Wildman–Crippen LogP) is 5.37. The summed E-state index contributed by atoms with van der Waals surface area (Å²) in [4.78, 5) is 28.5. The summed E-state index contributed by atoms with van der Waals surface area (Å²) in [6.45, 7) is 3.84. The first-order valence-electron chi connectivity index (χ1n) is 10.3. The molecular formula is C26H23ClN2O4. The van der Waals surface area contributed by atoms with Gasteiger partial charge in [-0.15, -0.1) is 0 Å². The van der Waals surface area contributed by atoms with Crippen LogP contribution < -0.4 is 19.7 Å². The van der Waals surface area contributed by atoms with E-state index >= 15 is 0 Å². The molecule has 0 saturated carbocycles. The van der Waals surface area contributed by atoms with Crippen LogP contribution in [0, 0.1) is 13.8 Å². The molecule has 1 N–H and O–H groups in total. The number of anilines is 2. The summed E-state index contributed by atoms with van der Waals surface area (Å²) in [7, 11) is 3.01. The van der Waals surface area contributed by atoms with Gasteiger partial charge < -0.3 is 14.8 Å². The Kier molecular flexibility index (Phi) is 6.11. The molecule has 2 amide bonds. The first-order valence-corrected chi connectivity index (χ1v) is 10.7. The van der Waals surface area contributed by atoms with E-state index in [1.165, 1.54) is 14.2 Å². The maximum absolute atomic E-state index is 13.7. The van der Waals surface area contributed by atoms with Crippen LogP contribution in [0.1, 0.15) is 16.7 Å². The van der Waals surface area contributed by atoms with Gasteiger partial charge in [0.25, 0.3) is 11.8 Å². The molecule has 0 radical (unpaired) electrons. The normalized spacial score (nSPS) is 13.5. The highest BCUT2D eigenvalue weighted by molar-refractivity contribution is 6.46. The van der Waals surface area contributed by atoms with Crippen LogP contribution in [0.3, 0.4) is 0 Å². The van der Waals surface area contributed by atoms with E-state index < -0.39 is 11.8 Å².